The van der Waals surface area contributed by atoms with Crippen LogP contribution in [0.2, 0.25) is 0 Å². The average molecular weight is 366 g/mol. The largest absolute Gasteiger partial charge is 0.493 e. The lowest BCUT2D eigenvalue weighted by atomic mass is 9.90. The molecule has 2 amide bonds. The third-order valence-electron chi connectivity index (χ3n) is 4.33. The monoisotopic (exact) mass is 366 g/mol. The molecule has 0 spiro atoms. The first-order chi connectivity index (χ1) is 13.0. The minimum atomic E-state index is -0.587. The number of urea groups is 1. The topological polar surface area (TPSA) is 76.7 Å². The zero-order valence-electron chi connectivity index (χ0n) is 15.5. The van der Waals surface area contributed by atoms with E-state index in [1.807, 2.05) is 43.3 Å². The Hall–Kier alpha value is -3.28. The van der Waals surface area contributed by atoms with Gasteiger partial charge in [-0.1, -0.05) is 36.4 Å². The molecule has 27 heavy (non-hydrogen) atoms. The molecular formula is C21H22N2O4. The van der Waals surface area contributed by atoms with Crippen LogP contribution in [0.3, 0.4) is 0 Å². The molecule has 6 heteroatoms. The SMILES string of the molecule is CCOc1ccc([C@@H]2NC(=O)NC(c3ccccc3)=C2C(C)=O)cc1OC. The Morgan fingerprint density at radius 3 is 2.48 bits per heavy atom. The van der Waals surface area contributed by atoms with Gasteiger partial charge in [-0.2, -0.15) is 0 Å². The highest BCUT2D eigenvalue weighted by molar-refractivity contribution is 6.06. The van der Waals surface area contributed by atoms with Crippen molar-refractivity contribution in [1.82, 2.24) is 10.6 Å². The summed E-state index contributed by atoms with van der Waals surface area (Å²) in [6.07, 6.45) is 0. The normalized spacial score (nSPS) is 16.4. The summed E-state index contributed by atoms with van der Waals surface area (Å²) in [6, 6.07) is 13.8. The number of ether oxygens (including phenoxy) is 2. The first kappa shape index (κ1) is 18.5. The van der Waals surface area contributed by atoms with Gasteiger partial charge in [0.2, 0.25) is 0 Å². The van der Waals surface area contributed by atoms with Crippen molar-refractivity contribution in [3.8, 4) is 11.5 Å². The Labute approximate surface area is 158 Å². The molecule has 0 saturated carbocycles. The summed E-state index contributed by atoms with van der Waals surface area (Å²) >= 11 is 0. The lowest BCUT2D eigenvalue weighted by Gasteiger charge is -2.30. The Morgan fingerprint density at radius 1 is 1.11 bits per heavy atom. The van der Waals surface area contributed by atoms with Gasteiger partial charge < -0.3 is 20.1 Å². The molecule has 0 unspecified atom stereocenters. The number of rotatable bonds is 6. The van der Waals surface area contributed by atoms with Crippen molar-refractivity contribution in [2.45, 2.75) is 19.9 Å². The van der Waals surface area contributed by atoms with Crippen LogP contribution in [0.15, 0.2) is 54.1 Å². The minimum Gasteiger partial charge on any atom is -0.493 e. The first-order valence-corrected chi connectivity index (χ1v) is 8.74. The van der Waals surface area contributed by atoms with Crippen molar-refractivity contribution in [3.63, 3.8) is 0 Å². The number of hydrogen-bond acceptors (Lipinski definition) is 4. The van der Waals surface area contributed by atoms with Crippen LogP contribution in [0, 0.1) is 0 Å². The van der Waals surface area contributed by atoms with Gasteiger partial charge >= 0.3 is 6.03 Å². The average Bonchev–Trinajstić information content (AvgIpc) is 2.68. The van der Waals surface area contributed by atoms with Gasteiger partial charge in [0.05, 0.1) is 25.5 Å². The molecule has 0 radical (unpaired) electrons. The summed E-state index contributed by atoms with van der Waals surface area (Å²) in [7, 11) is 1.56. The highest BCUT2D eigenvalue weighted by atomic mass is 16.5. The van der Waals surface area contributed by atoms with E-state index in [9.17, 15) is 9.59 Å². The molecule has 1 aliphatic heterocycles. The maximum atomic E-state index is 12.5. The predicted octanol–water partition coefficient (Wildman–Crippen LogP) is 3.45. The Balaban J connectivity index is 2.13. The smallest absolute Gasteiger partial charge is 0.320 e. The molecule has 0 aromatic heterocycles. The van der Waals surface area contributed by atoms with Crippen LogP contribution >= 0.6 is 0 Å². The molecule has 0 bridgehead atoms. The van der Waals surface area contributed by atoms with Crippen LogP contribution in [-0.2, 0) is 4.79 Å². The third kappa shape index (κ3) is 3.79. The van der Waals surface area contributed by atoms with Crippen molar-refractivity contribution in [2.75, 3.05) is 13.7 Å². The number of benzene rings is 2. The molecule has 1 heterocycles. The Bertz CT molecular complexity index is 890. The summed E-state index contributed by atoms with van der Waals surface area (Å²) in [5.41, 5.74) is 2.53. The maximum Gasteiger partial charge on any atom is 0.320 e. The number of Topliss-reactive ketones (excluding diaryl/α,β-unsaturated/α-hetero) is 1. The highest BCUT2D eigenvalue weighted by Gasteiger charge is 2.32. The van der Waals surface area contributed by atoms with E-state index in [1.54, 1.807) is 19.2 Å². The van der Waals surface area contributed by atoms with E-state index in [0.717, 1.165) is 11.1 Å². The van der Waals surface area contributed by atoms with Crippen LogP contribution in [0.1, 0.15) is 31.0 Å². The Kier molecular flexibility index (Phi) is 5.45. The van der Waals surface area contributed by atoms with Gasteiger partial charge in [-0.3, -0.25) is 4.79 Å². The van der Waals surface area contributed by atoms with E-state index in [-0.39, 0.29) is 11.8 Å². The molecule has 3 rings (SSSR count). The van der Waals surface area contributed by atoms with Crippen LogP contribution < -0.4 is 20.1 Å². The van der Waals surface area contributed by atoms with Crippen molar-refractivity contribution < 1.29 is 19.1 Å². The highest BCUT2D eigenvalue weighted by Crippen LogP contribution is 2.36. The van der Waals surface area contributed by atoms with Gasteiger partial charge in [0.1, 0.15) is 0 Å². The molecule has 0 aliphatic carbocycles. The van der Waals surface area contributed by atoms with Crippen LogP contribution in [0.5, 0.6) is 11.5 Å². The van der Waals surface area contributed by atoms with Gasteiger partial charge in [0, 0.05) is 5.57 Å². The van der Waals surface area contributed by atoms with E-state index in [4.69, 9.17) is 9.47 Å². The molecule has 140 valence electrons. The summed E-state index contributed by atoms with van der Waals surface area (Å²) in [5.74, 6) is 1.03. The molecule has 2 N–H and O–H groups in total. The molecule has 0 saturated heterocycles. The van der Waals surface area contributed by atoms with E-state index in [0.29, 0.717) is 29.4 Å². The van der Waals surface area contributed by atoms with Crippen LogP contribution in [-0.4, -0.2) is 25.5 Å². The number of carbonyl (C=O) groups excluding carboxylic acids is 2. The van der Waals surface area contributed by atoms with Crippen molar-refractivity contribution in [3.05, 3.63) is 65.2 Å². The van der Waals surface area contributed by atoms with E-state index in [2.05, 4.69) is 10.6 Å². The first-order valence-electron chi connectivity index (χ1n) is 8.74. The third-order valence-corrected chi connectivity index (χ3v) is 4.33. The van der Waals surface area contributed by atoms with Gasteiger partial charge in [-0.05, 0) is 37.1 Å². The van der Waals surface area contributed by atoms with Gasteiger partial charge in [-0.15, -0.1) is 0 Å². The molecule has 1 aliphatic rings. The fourth-order valence-corrected chi connectivity index (χ4v) is 3.16. The van der Waals surface area contributed by atoms with E-state index >= 15 is 0 Å². The van der Waals surface area contributed by atoms with Crippen LogP contribution in [0.4, 0.5) is 4.79 Å². The standard InChI is InChI=1S/C21H22N2O4/c1-4-27-16-11-10-15(12-17(16)26-3)20-18(13(2)24)19(22-21(25)23-20)14-8-6-5-7-9-14/h5-12,20H,4H2,1-3H3,(H2,22,23,25)/t20-/m0/s1. The fourth-order valence-electron chi connectivity index (χ4n) is 3.16. The molecule has 2 aromatic rings. The predicted molar refractivity (Wildman–Crippen MR) is 103 cm³/mol. The van der Waals surface area contributed by atoms with Crippen molar-refractivity contribution in [2.24, 2.45) is 0 Å². The number of hydrogen-bond donors (Lipinski definition) is 2. The number of amides is 2. The van der Waals surface area contributed by atoms with Gasteiger partial charge in [0.25, 0.3) is 0 Å². The Morgan fingerprint density at radius 2 is 1.85 bits per heavy atom. The summed E-state index contributed by atoms with van der Waals surface area (Å²) in [6.45, 7) is 3.90. The quantitative estimate of drug-likeness (QED) is 0.821. The van der Waals surface area contributed by atoms with E-state index < -0.39 is 6.04 Å². The fraction of sp³-hybridized carbons (Fsp3) is 0.238. The zero-order chi connectivity index (χ0) is 19.4. The van der Waals surface area contributed by atoms with Crippen LogP contribution in [0.25, 0.3) is 5.70 Å². The molecule has 1 atom stereocenters. The summed E-state index contributed by atoms with van der Waals surface area (Å²) in [4.78, 5) is 24.8. The second-order valence-electron chi connectivity index (χ2n) is 6.09. The van der Waals surface area contributed by atoms with Crippen molar-refractivity contribution >= 4 is 17.5 Å². The number of nitrogens with one attached hydrogen (secondary N) is 2. The minimum absolute atomic E-state index is 0.126. The number of carbonyl (C=O) groups is 2. The molecule has 2 aromatic carbocycles. The molecular weight excluding hydrogens is 344 g/mol. The van der Waals surface area contributed by atoms with E-state index in [1.165, 1.54) is 6.92 Å². The zero-order valence-corrected chi connectivity index (χ0v) is 15.5. The van der Waals surface area contributed by atoms with Crippen molar-refractivity contribution in [1.29, 1.82) is 0 Å². The molecule has 6 nitrogen and oxygen atoms in total. The molecule has 0 fully saturated rings. The lowest BCUT2D eigenvalue weighted by Crippen LogP contribution is -2.44. The maximum absolute atomic E-state index is 12.5. The number of methoxy groups -OCH3 is 1. The lowest BCUT2D eigenvalue weighted by molar-refractivity contribution is -0.113. The second kappa shape index (κ2) is 7.95. The summed E-state index contributed by atoms with van der Waals surface area (Å²) < 4.78 is 11.0. The van der Waals surface area contributed by atoms with Gasteiger partial charge in [0.15, 0.2) is 17.3 Å². The number of ketones is 1. The van der Waals surface area contributed by atoms with Gasteiger partial charge in [-0.25, -0.2) is 4.79 Å². The second-order valence-corrected chi connectivity index (χ2v) is 6.09. The summed E-state index contributed by atoms with van der Waals surface area (Å²) in [5, 5.41) is 5.62.